The molecule has 1 atom stereocenters. The summed E-state index contributed by atoms with van der Waals surface area (Å²) in [5.41, 5.74) is 2.32. The Morgan fingerprint density at radius 3 is 2.58 bits per heavy atom. The van der Waals surface area contributed by atoms with Gasteiger partial charge in [-0.2, -0.15) is 0 Å². The third-order valence-electron chi connectivity index (χ3n) is 3.06. The molecule has 0 fully saturated rings. The number of halogens is 3. The molecule has 2 aromatic rings. The number of hydrogen-bond donors (Lipinski definition) is 1. The third kappa shape index (κ3) is 3.85. The van der Waals surface area contributed by atoms with Gasteiger partial charge in [-0.25, -0.2) is 0 Å². The molecule has 100 valence electrons. The largest absolute Gasteiger partial charge is 0.313 e. The highest BCUT2D eigenvalue weighted by Crippen LogP contribution is 2.29. The van der Waals surface area contributed by atoms with E-state index in [4.69, 9.17) is 23.2 Å². The molecule has 0 aromatic heterocycles. The Kier molecular flexibility index (Phi) is 5.51. The van der Waals surface area contributed by atoms with Gasteiger partial charge in [0.05, 0.1) is 10.0 Å². The summed E-state index contributed by atoms with van der Waals surface area (Å²) in [6.45, 7) is 0. The van der Waals surface area contributed by atoms with E-state index in [2.05, 4.69) is 52.2 Å². The number of likely N-dealkylation sites (N-methyl/N-ethyl adjacent to an activating group) is 1. The Morgan fingerprint density at radius 2 is 1.89 bits per heavy atom. The van der Waals surface area contributed by atoms with Crippen LogP contribution in [0, 0.1) is 3.57 Å². The van der Waals surface area contributed by atoms with Crippen LogP contribution in [-0.4, -0.2) is 7.05 Å². The van der Waals surface area contributed by atoms with E-state index in [9.17, 15) is 0 Å². The Morgan fingerprint density at radius 1 is 1.16 bits per heavy atom. The maximum absolute atomic E-state index is 6.25. The van der Waals surface area contributed by atoms with E-state index < -0.39 is 0 Å². The Bertz CT molecular complexity index is 572. The molecular weight excluding hydrogens is 392 g/mol. The normalized spacial score (nSPS) is 12.4. The first-order valence-electron chi connectivity index (χ1n) is 5.97. The zero-order valence-electron chi connectivity index (χ0n) is 10.5. The number of hydrogen-bond acceptors (Lipinski definition) is 1. The molecule has 2 aromatic carbocycles. The van der Waals surface area contributed by atoms with Crippen LogP contribution in [0.1, 0.15) is 17.2 Å². The van der Waals surface area contributed by atoms with Crippen molar-refractivity contribution in [2.24, 2.45) is 0 Å². The molecule has 4 heteroatoms. The molecule has 0 aliphatic carbocycles. The van der Waals surface area contributed by atoms with Crippen LogP contribution in [0.25, 0.3) is 0 Å². The van der Waals surface area contributed by atoms with E-state index in [1.807, 2.05) is 25.2 Å². The van der Waals surface area contributed by atoms with Crippen LogP contribution < -0.4 is 5.32 Å². The summed E-state index contributed by atoms with van der Waals surface area (Å²) >= 11 is 14.6. The van der Waals surface area contributed by atoms with Gasteiger partial charge in [0.15, 0.2) is 0 Å². The van der Waals surface area contributed by atoms with E-state index in [1.54, 1.807) is 0 Å². The molecule has 19 heavy (non-hydrogen) atoms. The highest BCUT2D eigenvalue weighted by molar-refractivity contribution is 14.1. The maximum Gasteiger partial charge on any atom is 0.0624 e. The fraction of sp³-hybridized carbons (Fsp3) is 0.200. The number of nitrogens with one attached hydrogen (secondary N) is 1. The summed E-state index contributed by atoms with van der Waals surface area (Å²) < 4.78 is 1.23. The van der Waals surface area contributed by atoms with Crippen molar-refractivity contribution in [2.45, 2.75) is 12.5 Å². The van der Waals surface area contributed by atoms with Crippen LogP contribution in [0.4, 0.5) is 0 Å². The van der Waals surface area contributed by atoms with Gasteiger partial charge in [-0.15, -0.1) is 0 Å². The van der Waals surface area contributed by atoms with Crippen LogP contribution >= 0.6 is 45.8 Å². The molecule has 0 saturated heterocycles. The van der Waals surface area contributed by atoms with Gasteiger partial charge in [-0.3, -0.25) is 0 Å². The summed E-state index contributed by atoms with van der Waals surface area (Å²) in [5.74, 6) is 0. The van der Waals surface area contributed by atoms with Gasteiger partial charge in [0, 0.05) is 9.61 Å². The molecule has 0 aliphatic heterocycles. The molecule has 0 spiro atoms. The first-order chi connectivity index (χ1) is 9.11. The summed E-state index contributed by atoms with van der Waals surface area (Å²) in [7, 11) is 1.96. The molecule has 2 rings (SSSR count). The van der Waals surface area contributed by atoms with Crippen molar-refractivity contribution in [2.75, 3.05) is 7.05 Å². The molecule has 1 nitrogen and oxygen atoms in total. The second-order valence-corrected chi connectivity index (χ2v) is 6.34. The van der Waals surface area contributed by atoms with Crippen molar-refractivity contribution in [3.8, 4) is 0 Å². The van der Waals surface area contributed by atoms with E-state index in [-0.39, 0.29) is 6.04 Å². The Balaban J connectivity index is 2.26. The second-order valence-electron chi connectivity index (χ2n) is 4.31. The van der Waals surface area contributed by atoms with E-state index in [0.29, 0.717) is 10.0 Å². The smallest absolute Gasteiger partial charge is 0.0624 e. The van der Waals surface area contributed by atoms with Gasteiger partial charge in [0.2, 0.25) is 0 Å². The molecule has 0 bridgehead atoms. The minimum absolute atomic E-state index is 0.227. The van der Waals surface area contributed by atoms with E-state index in [1.165, 1.54) is 9.13 Å². The monoisotopic (exact) mass is 405 g/mol. The Hall–Kier alpha value is -0.290. The average molecular weight is 406 g/mol. The molecule has 0 amide bonds. The van der Waals surface area contributed by atoms with Gasteiger partial charge in [0.25, 0.3) is 0 Å². The maximum atomic E-state index is 6.25. The van der Waals surface area contributed by atoms with Crippen LogP contribution in [-0.2, 0) is 6.42 Å². The summed E-state index contributed by atoms with van der Waals surface area (Å²) in [6, 6.07) is 14.5. The van der Waals surface area contributed by atoms with E-state index >= 15 is 0 Å². The molecule has 0 saturated carbocycles. The zero-order chi connectivity index (χ0) is 13.8. The van der Waals surface area contributed by atoms with Crippen LogP contribution in [0.2, 0.25) is 10.0 Å². The lowest BCUT2D eigenvalue weighted by molar-refractivity contribution is 0.592. The SMILES string of the molecule is CNC(Cc1cccc(Cl)c1Cl)c1cccc(I)c1. The number of rotatable bonds is 4. The van der Waals surface area contributed by atoms with Crippen molar-refractivity contribution in [1.82, 2.24) is 5.32 Å². The molecule has 0 aliphatic rings. The van der Waals surface area contributed by atoms with Crippen molar-refractivity contribution in [1.29, 1.82) is 0 Å². The molecular formula is C15H14Cl2IN. The summed E-state index contributed by atoms with van der Waals surface area (Å²) in [4.78, 5) is 0. The molecule has 0 heterocycles. The lowest BCUT2D eigenvalue weighted by atomic mass is 9.99. The quantitative estimate of drug-likeness (QED) is 0.697. The highest BCUT2D eigenvalue weighted by Gasteiger charge is 2.13. The van der Waals surface area contributed by atoms with Gasteiger partial charge in [-0.1, -0.05) is 47.5 Å². The lowest BCUT2D eigenvalue weighted by Crippen LogP contribution is -2.19. The molecule has 1 unspecified atom stereocenters. The van der Waals surface area contributed by atoms with Gasteiger partial charge in [-0.05, 0) is 65.4 Å². The van der Waals surface area contributed by atoms with Crippen molar-refractivity contribution in [3.63, 3.8) is 0 Å². The van der Waals surface area contributed by atoms with Gasteiger partial charge < -0.3 is 5.32 Å². The minimum atomic E-state index is 0.227. The summed E-state index contributed by atoms with van der Waals surface area (Å²) in [6.07, 6.45) is 0.815. The third-order valence-corrected chi connectivity index (χ3v) is 4.58. The first-order valence-corrected chi connectivity index (χ1v) is 7.81. The number of benzene rings is 2. The fourth-order valence-electron chi connectivity index (χ4n) is 2.04. The standard InChI is InChI=1S/C15H14Cl2IN/c1-19-14(10-4-2-6-12(18)8-10)9-11-5-3-7-13(16)15(11)17/h2-8,14,19H,9H2,1H3. The molecule has 0 radical (unpaired) electrons. The minimum Gasteiger partial charge on any atom is -0.313 e. The second kappa shape index (κ2) is 6.93. The van der Waals surface area contributed by atoms with Gasteiger partial charge >= 0.3 is 0 Å². The van der Waals surface area contributed by atoms with Crippen LogP contribution in [0.3, 0.4) is 0 Å². The van der Waals surface area contributed by atoms with Crippen LogP contribution in [0.15, 0.2) is 42.5 Å². The Labute approximate surface area is 137 Å². The zero-order valence-corrected chi connectivity index (χ0v) is 14.1. The van der Waals surface area contributed by atoms with E-state index in [0.717, 1.165) is 12.0 Å². The highest BCUT2D eigenvalue weighted by atomic mass is 127. The predicted octanol–water partition coefficient (Wildman–Crippen LogP) is 5.10. The van der Waals surface area contributed by atoms with Crippen molar-refractivity contribution >= 4 is 45.8 Å². The van der Waals surface area contributed by atoms with Crippen molar-refractivity contribution in [3.05, 3.63) is 67.2 Å². The fourth-order valence-corrected chi connectivity index (χ4v) is 3.00. The summed E-state index contributed by atoms with van der Waals surface area (Å²) in [5, 5.41) is 4.59. The predicted molar refractivity (Wildman–Crippen MR) is 91.1 cm³/mol. The van der Waals surface area contributed by atoms with Gasteiger partial charge in [0.1, 0.15) is 0 Å². The average Bonchev–Trinajstić information content (AvgIpc) is 2.40. The lowest BCUT2D eigenvalue weighted by Gasteiger charge is -2.18. The van der Waals surface area contributed by atoms with Crippen molar-refractivity contribution < 1.29 is 0 Å². The topological polar surface area (TPSA) is 12.0 Å². The van der Waals surface area contributed by atoms with Crippen LogP contribution in [0.5, 0.6) is 0 Å². The molecule has 1 N–H and O–H groups in total. The first kappa shape index (κ1) is 15.1.